The molecule has 0 radical (unpaired) electrons. The van der Waals surface area contributed by atoms with Gasteiger partial charge in [-0.05, 0) is 12.1 Å². The molecule has 4 nitrogen and oxygen atoms in total. The molecule has 0 aromatic heterocycles. The fourth-order valence-corrected chi connectivity index (χ4v) is 1.04. The highest BCUT2D eigenvalue weighted by molar-refractivity contribution is 5.91. The summed E-state index contributed by atoms with van der Waals surface area (Å²) in [5, 5.41) is 0. The van der Waals surface area contributed by atoms with Crippen LogP contribution in [0.2, 0.25) is 0 Å². The first kappa shape index (κ1) is 13.5. The minimum absolute atomic E-state index is 0.0624. The SMILES string of the molecule is C=C(COC(=O)C#Cc1ccccc1)C(=O)OC. The maximum atomic E-state index is 11.2. The highest BCUT2D eigenvalue weighted by Crippen LogP contribution is 1.96. The molecule has 0 saturated heterocycles. The Morgan fingerprint density at radius 1 is 1.28 bits per heavy atom. The van der Waals surface area contributed by atoms with E-state index in [1.54, 1.807) is 12.1 Å². The van der Waals surface area contributed by atoms with Gasteiger partial charge in [0.05, 0.1) is 12.7 Å². The lowest BCUT2D eigenvalue weighted by atomic mass is 10.2. The Morgan fingerprint density at radius 3 is 2.56 bits per heavy atom. The van der Waals surface area contributed by atoms with Gasteiger partial charge >= 0.3 is 11.9 Å². The van der Waals surface area contributed by atoms with E-state index in [1.807, 2.05) is 18.2 Å². The van der Waals surface area contributed by atoms with Gasteiger partial charge in [-0.25, -0.2) is 9.59 Å². The molecule has 92 valence electrons. The van der Waals surface area contributed by atoms with Crippen LogP contribution in [0.25, 0.3) is 0 Å². The molecule has 18 heavy (non-hydrogen) atoms. The minimum atomic E-state index is -0.719. The van der Waals surface area contributed by atoms with Crippen LogP contribution in [0.5, 0.6) is 0 Å². The van der Waals surface area contributed by atoms with E-state index in [4.69, 9.17) is 4.74 Å². The summed E-state index contributed by atoms with van der Waals surface area (Å²) >= 11 is 0. The van der Waals surface area contributed by atoms with Gasteiger partial charge in [0.1, 0.15) is 6.61 Å². The van der Waals surface area contributed by atoms with Crippen LogP contribution in [0.4, 0.5) is 0 Å². The molecule has 0 aliphatic heterocycles. The third kappa shape index (κ3) is 4.54. The number of benzene rings is 1. The van der Waals surface area contributed by atoms with Gasteiger partial charge in [0.15, 0.2) is 0 Å². The van der Waals surface area contributed by atoms with Crippen molar-refractivity contribution >= 4 is 11.9 Å². The average molecular weight is 244 g/mol. The number of ether oxygens (including phenoxy) is 2. The Hall–Kier alpha value is -2.54. The summed E-state index contributed by atoms with van der Waals surface area (Å²) in [6.45, 7) is 3.19. The van der Waals surface area contributed by atoms with E-state index in [-0.39, 0.29) is 12.2 Å². The molecular weight excluding hydrogens is 232 g/mol. The molecule has 0 bridgehead atoms. The largest absolute Gasteiger partial charge is 0.466 e. The first-order valence-corrected chi connectivity index (χ1v) is 5.13. The van der Waals surface area contributed by atoms with Crippen LogP contribution >= 0.6 is 0 Å². The zero-order valence-corrected chi connectivity index (χ0v) is 9.93. The van der Waals surface area contributed by atoms with Crippen LogP contribution in [0.15, 0.2) is 42.5 Å². The Labute approximate surface area is 105 Å². The fraction of sp³-hybridized carbons (Fsp3) is 0.143. The predicted octanol–water partition coefficient (Wildman–Crippen LogP) is 1.31. The fourth-order valence-electron chi connectivity index (χ4n) is 1.04. The van der Waals surface area contributed by atoms with Crippen molar-refractivity contribution < 1.29 is 19.1 Å². The molecule has 0 unspecified atom stereocenters. The standard InChI is InChI=1S/C14H12O4/c1-11(14(16)17-2)10-18-13(15)9-8-12-6-4-3-5-7-12/h3-7H,1,10H2,2H3. The van der Waals surface area contributed by atoms with Gasteiger partial charge in [-0.1, -0.05) is 30.7 Å². The maximum absolute atomic E-state index is 11.2. The summed E-state index contributed by atoms with van der Waals surface area (Å²) in [6, 6.07) is 9.02. The second-order valence-corrected chi connectivity index (χ2v) is 3.29. The van der Waals surface area contributed by atoms with E-state index in [9.17, 15) is 9.59 Å². The van der Waals surface area contributed by atoms with Crippen molar-refractivity contribution in [1.29, 1.82) is 0 Å². The van der Waals surface area contributed by atoms with Gasteiger partial charge in [0.2, 0.25) is 0 Å². The van der Waals surface area contributed by atoms with Crippen molar-refractivity contribution in [2.45, 2.75) is 0 Å². The highest BCUT2D eigenvalue weighted by Gasteiger charge is 2.08. The molecule has 1 aromatic carbocycles. The van der Waals surface area contributed by atoms with E-state index in [0.29, 0.717) is 5.56 Å². The van der Waals surface area contributed by atoms with Crippen molar-refractivity contribution in [3.05, 3.63) is 48.0 Å². The second kappa shape index (κ2) is 6.92. The van der Waals surface area contributed by atoms with Crippen LogP contribution in [0, 0.1) is 11.8 Å². The van der Waals surface area contributed by atoms with Crippen molar-refractivity contribution in [2.24, 2.45) is 0 Å². The van der Waals surface area contributed by atoms with Gasteiger partial charge in [-0.15, -0.1) is 0 Å². The highest BCUT2D eigenvalue weighted by atomic mass is 16.5. The summed E-state index contributed by atoms with van der Waals surface area (Å²) in [5.41, 5.74) is 0.772. The number of esters is 2. The number of carbonyl (C=O) groups excluding carboxylic acids is 2. The lowest BCUT2D eigenvalue weighted by Gasteiger charge is -2.02. The van der Waals surface area contributed by atoms with E-state index >= 15 is 0 Å². The zero-order valence-electron chi connectivity index (χ0n) is 9.93. The lowest BCUT2D eigenvalue weighted by Crippen LogP contribution is -2.12. The minimum Gasteiger partial charge on any atom is -0.466 e. The number of carbonyl (C=O) groups is 2. The summed E-state index contributed by atoms with van der Waals surface area (Å²) in [7, 11) is 1.23. The Balaban J connectivity index is 2.46. The van der Waals surface area contributed by atoms with Gasteiger partial charge in [-0.2, -0.15) is 0 Å². The van der Waals surface area contributed by atoms with Gasteiger partial charge in [0, 0.05) is 11.5 Å². The van der Waals surface area contributed by atoms with Crippen LogP contribution in [0.3, 0.4) is 0 Å². The third-order valence-corrected chi connectivity index (χ3v) is 1.93. The molecule has 0 aliphatic carbocycles. The van der Waals surface area contributed by atoms with Crippen molar-refractivity contribution in [3.63, 3.8) is 0 Å². The van der Waals surface area contributed by atoms with Crippen LogP contribution in [0.1, 0.15) is 5.56 Å². The Morgan fingerprint density at radius 2 is 1.94 bits per heavy atom. The second-order valence-electron chi connectivity index (χ2n) is 3.29. The van der Waals surface area contributed by atoms with Gasteiger partial charge in [0.25, 0.3) is 0 Å². The first-order chi connectivity index (χ1) is 8.63. The first-order valence-electron chi connectivity index (χ1n) is 5.13. The molecule has 0 spiro atoms. The predicted molar refractivity (Wildman–Crippen MR) is 65.4 cm³/mol. The monoisotopic (exact) mass is 244 g/mol. The van der Waals surface area contributed by atoms with Crippen LogP contribution in [-0.4, -0.2) is 25.7 Å². The Kier molecular flexibility index (Phi) is 5.20. The topological polar surface area (TPSA) is 52.6 Å². The molecular formula is C14H12O4. The molecule has 1 rings (SSSR count). The van der Waals surface area contributed by atoms with Gasteiger partial charge in [-0.3, -0.25) is 0 Å². The number of hydrogen-bond acceptors (Lipinski definition) is 4. The zero-order chi connectivity index (χ0) is 13.4. The quantitative estimate of drug-likeness (QED) is 0.457. The normalized spacial score (nSPS) is 8.72. The molecule has 0 saturated carbocycles. The lowest BCUT2D eigenvalue weighted by molar-refractivity contribution is -0.139. The van der Waals surface area contributed by atoms with E-state index in [2.05, 4.69) is 23.2 Å². The molecule has 0 N–H and O–H groups in total. The van der Waals surface area contributed by atoms with E-state index in [0.717, 1.165) is 0 Å². The summed E-state index contributed by atoms with van der Waals surface area (Å²) in [5.74, 6) is 3.62. The smallest absolute Gasteiger partial charge is 0.385 e. The molecule has 0 aliphatic rings. The summed E-state index contributed by atoms with van der Waals surface area (Å²) < 4.78 is 9.14. The van der Waals surface area contributed by atoms with Crippen LogP contribution < -0.4 is 0 Å². The van der Waals surface area contributed by atoms with E-state index in [1.165, 1.54) is 7.11 Å². The van der Waals surface area contributed by atoms with Gasteiger partial charge < -0.3 is 9.47 Å². The number of hydrogen-bond donors (Lipinski definition) is 0. The molecule has 1 aromatic rings. The average Bonchev–Trinajstić information content (AvgIpc) is 2.42. The van der Waals surface area contributed by atoms with Crippen molar-refractivity contribution in [2.75, 3.05) is 13.7 Å². The molecule has 4 heteroatoms. The molecule has 0 heterocycles. The molecule has 0 amide bonds. The summed E-state index contributed by atoms with van der Waals surface area (Å²) in [6.07, 6.45) is 0. The number of rotatable bonds is 3. The van der Waals surface area contributed by atoms with Crippen molar-refractivity contribution in [3.8, 4) is 11.8 Å². The van der Waals surface area contributed by atoms with Crippen LogP contribution in [-0.2, 0) is 19.1 Å². The third-order valence-electron chi connectivity index (χ3n) is 1.93. The maximum Gasteiger partial charge on any atom is 0.385 e. The molecule has 0 fully saturated rings. The van der Waals surface area contributed by atoms with E-state index < -0.39 is 11.9 Å². The summed E-state index contributed by atoms with van der Waals surface area (Å²) in [4.78, 5) is 22.2. The molecule has 0 atom stereocenters. The number of methoxy groups -OCH3 is 1. The Bertz CT molecular complexity index is 506. The van der Waals surface area contributed by atoms with Crippen molar-refractivity contribution in [1.82, 2.24) is 0 Å².